The Kier molecular flexibility index (Phi) is 3.00. The fourth-order valence-corrected chi connectivity index (χ4v) is 1.38. The van der Waals surface area contributed by atoms with E-state index in [1.54, 1.807) is 20.4 Å². The third-order valence-corrected chi connectivity index (χ3v) is 2.18. The summed E-state index contributed by atoms with van der Waals surface area (Å²) in [4.78, 5) is 8.21. The summed E-state index contributed by atoms with van der Waals surface area (Å²) in [6.45, 7) is 0. The quantitative estimate of drug-likeness (QED) is 0.788. The fourth-order valence-electron chi connectivity index (χ4n) is 1.38. The molecule has 0 spiro atoms. The van der Waals surface area contributed by atoms with E-state index < -0.39 is 0 Å². The van der Waals surface area contributed by atoms with Crippen molar-refractivity contribution in [1.29, 1.82) is 0 Å². The molecule has 0 aliphatic carbocycles. The van der Waals surface area contributed by atoms with E-state index in [1.807, 2.05) is 30.3 Å². The van der Waals surface area contributed by atoms with Crippen LogP contribution in [0.2, 0.25) is 0 Å². The highest BCUT2D eigenvalue weighted by molar-refractivity contribution is 5.60. The second-order valence-electron chi connectivity index (χ2n) is 3.16. The normalized spacial score (nSPS) is 9.88. The molecule has 1 heterocycles. The van der Waals surface area contributed by atoms with Gasteiger partial charge in [-0.15, -0.1) is 0 Å². The Hall–Kier alpha value is -2.10. The van der Waals surface area contributed by atoms with E-state index in [9.17, 15) is 0 Å². The summed E-state index contributed by atoms with van der Waals surface area (Å²) in [6, 6.07) is 9.88. The van der Waals surface area contributed by atoms with E-state index in [4.69, 9.17) is 9.47 Å². The van der Waals surface area contributed by atoms with Crippen molar-refractivity contribution in [2.24, 2.45) is 0 Å². The van der Waals surface area contributed by atoms with Crippen molar-refractivity contribution in [3.05, 3.63) is 36.5 Å². The first-order valence-corrected chi connectivity index (χ1v) is 4.85. The number of hydrogen-bond acceptors (Lipinski definition) is 4. The lowest BCUT2D eigenvalue weighted by atomic mass is 10.1. The van der Waals surface area contributed by atoms with Crippen molar-refractivity contribution in [1.82, 2.24) is 9.97 Å². The SMILES string of the molecule is COc1cccc(-c2ccnc(OC)n2)c1. The van der Waals surface area contributed by atoms with Crippen LogP contribution in [0.5, 0.6) is 11.8 Å². The van der Waals surface area contributed by atoms with Gasteiger partial charge in [-0.3, -0.25) is 0 Å². The van der Waals surface area contributed by atoms with Gasteiger partial charge in [-0.05, 0) is 18.2 Å². The third-order valence-electron chi connectivity index (χ3n) is 2.18. The molecule has 4 nitrogen and oxygen atoms in total. The van der Waals surface area contributed by atoms with E-state index in [0.717, 1.165) is 17.0 Å². The van der Waals surface area contributed by atoms with Crippen molar-refractivity contribution >= 4 is 0 Å². The molecule has 2 rings (SSSR count). The highest BCUT2D eigenvalue weighted by atomic mass is 16.5. The maximum Gasteiger partial charge on any atom is 0.316 e. The summed E-state index contributed by atoms with van der Waals surface area (Å²) in [5.41, 5.74) is 1.78. The number of aromatic nitrogens is 2. The molecular weight excluding hydrogens is 204 g/mol. The van der Waals surface area contributed by atoms with Gasteiger partial charge in [0.15, 0.2) is 0 Å². The van der Waals surface area contributed by atoms with Crippen LogP contribution in [0.4, 0.5) is 0 Å². The summed E-state index contributed by atoms with van der Waals surface area (Å²) in [5, 5.41) is 0. The van der Waals surface area contributed by atoms with Crippen molar-refractivity contribution in [3.8, 4) is 23.0 Å². The topological polar surface area (TPSA) is 44.2 Å². The Morgan fingerprint density at radius 3 is 2.69 bits per heavy atom. The molecule has 1 aromatic carbocycles. The van der Waals surface area contributed by atoms with Crippen LogP contribution in [-0.2, 0) is 0 Å². The monoisotopic (exact) mass is 216 g/mol. The molecule has 1 aromatic heterocycles. The lowest BCUT2D eigenvalue weighted by Gasteiger charge is -2.04. The standard InChI is InChI=1S/C12H12N2O2/c1-15-10-5-3-4-9(8-10)11-6-7-13-12(14-11)16-2/h3-8H,1-2H3. The molecule has 0 bridgehead atoms. The maximum atomic E-state index is 5.16. The van der Waals surface area contributed by atoms with Crippen molar-refractivity contribution < 1.29 is 9.47 Å². The number of hydrogen-bond donors (Lipinski definition) is 0. The average Bonchev–Trinajstić information content (AvgIpc) is 2.39. The molecule has 0 unspecified atom stereocenters. The fraction of sp³-hybridized carbons (Fsp3) is 0.167. The summed E-state index contributed by atoms with van der Waals surface area (Å²) >= 11 is 0. The molecule has 2 aromatic rings. The molecule has 0 fully saturated rings. The molecule has 0 radical (unpaired) electrons. The molecule has 0 amide bonds. The Morgan fingerprint density at radius 1 is 1.06 bits per heavy atom. The van der Waals surface area contributed by atoms with Crippen LogP contribution in [0.25, 0.3) is 11.3 Å². The smallest absolute Gasteiger partial charge is 0.316 e. The molecule has 0 saturated heterocycles. The minimum atomic E-state index is 0.361. The molecule has 0 N–H and O–H groups in total. The molecule has 0 aliphatic rings. The van der Waals surface area contributed by atoms with Crippen molar-refractivity contribution in [2.45, 2.75) is 0 Å². The lowest BCUT2D eigenvalue weighted by Crippen LogP contribution is -1.93. The van der Waals surface area contributed by atoms with E-state index in [-0.39, 0.29) is 0 Å². The molecule has 0 aliphatic heterocycles. The number of nitrogens with zero attached hydrogens (tertiary/aromatic N) is 2. The highest BCUT2D eigenvalue weighted by Gasteiger charge is 2.03. The predicted molar refractivity (Wildman–Crippen MR) is 60.6 cm³/mol. The average molecular weight is 216 g/mol. The van der Waals surface area contributed by atoms with E-state index in [0.29, 0.717) is 6.01 Å². The zero-order valence-corrected chi connectivity index (χ0v) is 9.18. The Balaban J connectivity index is 2.41. The van der Waals surface area contributed by atoms with Gasteiger partial charge in [0.05, 0.1) is 19.9 Å². The summed E-state index contributed by atoms with van der Waals surface area (Å²) in [5.74, 6) is 0.801. The van der Waals surface area contributed by atoms with Crippen LogP contribution in [0, 0.1) is 0 Å². The second-order valence-corrected chi connectivity index (χ2v) is 3.16. The molecule has 4 heteroatoms. The number of benzene rings is 1. The molecule has 0 saturated carbocycles. The van der Waals surface area contributed by atoms with E-state index >= 15 is 0 Å². The zero-order chi connectivity index (χ0) is 11.4. The van der Waals surface area contributed by atoms with E-state index in [1.165, 1.54) is 0 Å². The van der Waals surface area contributed by atoms with Crippen LogP contribution in [0.3, 0.4) is 0 Å². The van der Waals surface area contributed by atoms with Crippen molar-refractivity contribution in [2.75, 3.05) is 14.2 Å². The Morgan fingerprint density at radius 2 is 1.94 bits per heavy atom. The van der Waals surface area contributed by atoms with Crippen LogP contribution in [0.15, 0.2) is 36.5 Å². The Bertz CT molecular complexity index is 440. The van der Waals surface area contributed by atoms with Gasteiger partial charge in [-0.2, -0.15) is 4.98 Å². The van der Waals surface area contributed by atoms with Crippen LogP contribution < -0.4 is 9.47 Å². The minimum absolute atomic E-state index is 0.361. The van der Waals surface area contributed by atoms with Gasteiger partial charge in [0.25, 0.3) is 0 Å². The number of methoxy groups -OCH3 is 2. The minimum Gasteiger partial charge on any atom is -0.497 e. The first-order valence-electron chi connectivity index (χ1n) is 4.85. The first kappa shape index (κ1) is 10.4. The highest BCUT2D eigenvalue weighted by Crippen LogP contribution is 2.22. The summed E-state index contributed by atoms with van der Waals surface area (Å²) < 4.78 is 10.1. The maximum absolute atomic E-state index is 5.16. The van der Waals surface area contributed by atoms with Gasteiger partial charge >= 0.3 is 6.01 Å². The van der Waals surface area contributed by atoms with Gasteiger partial charge in [0, 0.05) is 11.8 Å². The van der Waals surface area contributed by atoms with Crippen LogP contribution in [0.1, 0.15) is 0 Å². The Labute approximate surface area is 93.9 Å². The zero-order valence-electron chi connectivity index (χ0n) is 9.18. The van der Waals surface area contributed by atoms with Gasteiger partial charge in [-0.1, -0.05) is 12.1 Å². The molecule has 0 atom stereocenters. The van der Waals surface area contributed by atoms with Gasteiger partial charge in [0.1, 0.15) is 5.75 Å². The van der Waals surface area contributed by atoms with Crippen LogP contribution >= 0.6 is 0 Å². The third kappa shape index (κ3) is 2.11. The van der Waals surface area contributed by atoms with Gasteiger partial charge < -0.3 is 9.47 Å². The first-order chi connectivity index (χ1) is 7.83. The van der Waals surface area contributed by atoms with Gasteiger partial charge in [0.2, 0.25) is 0 Å². The van der Waals surface area contributed by atoms with Crippen molar-refractivity contribution in [3.63, 3.8) is 0 Å². The molecule has 16 heavy (non-hydrogen) atoms. The second kappa shape index (κ2) is 4.61. The summed E-state index contributed by atoms with van der Waals surface area (Å²) in [7, 11) is 3.18. The van der Waals surface area contributed by atoms with Gasteiger partial charge in [-0.25, -0.2) is 4.98 Å². The van der Waals surface area contributed by atoms with Crippen LogP contribution in [-0.4, -0.2) is 24.2 Å². The van der Waals surface area contributed by atoms with E-state index in [2.05, 4.69) is 9.97 Å². The number of ether oxygens (including phenoxy) is 2. The predicted octanol–water partition coefficient (Wildman–Crippen LogP) is 2.16. The largest absolute Gasteiger partial charge is 0.497 e. The lowest BCUT2D eigenvalue weighted by molar-refractivity contribution is 0.380. The summed E-state index contributed by atoms with van der Waals surface area (Å²) in [6.07, 6.45) is 1.67. The molecule has 82 valence electrons. The molecular formula is C12H12N2O2. The number of rotatable bonds is 3.